The van der Waals surface area contributed by atoms with Crippen molar-refractivity contribution in [3.8, 4) is 6.07 Å². The first kappa shape index (κ1) is 14.7. The Morgan fingerprint density at radius 2 is 2.30 bits per heavy atom. The predicted octanol–water partition coefficient (Wildman–Crippen LogP) is 2.11. The summed E-state index contributed by atoms with van der Waals surface area (Å²) in [7, 11) is 0. The fourth-order valence-corrected chi connectivity index (χ4v) is 2.47. The van der Waals surface area contributed by atoms with Gasteiger partial charge in [0.2, 0.25) is 5.82 Å². The van der Waals surface area contributed by atoms with Gasteiger partial charge in [-0.2, -0.15) is 10.5 Å². The Kier molecular flexibility index (Phi) is 4.01. The number of aromatic amines is 1. The number of hydrogen-bond acceptors (Lipinski definition) is 6. The number of benzene rings is 1. The number of nitriles is 1. The second kappa shape index (κ2) is 6.27. The molecule has 0 saturated carbocycles. The van der Waals surface area contributed by atoms with Crippen molar-refractivity contribution in [1.29, 1.82) is 5.26 Å². The SMILES string of the molecule is CCc1nc2cc(NC=C(C#N)c3nn[nH]n3)ccc2n1CC. The van der Waals surface area contributed by atoms with E-state index in [0.717, 1.165) is 35.5 Å². The molecule has 0 aliphatic carbocycles. The Balaban J connectivity index is 1.91. The minimum Gasteiger partial charge on any atom is -0.360 e. The van der Waals surface area contributed by atoms with Gasteiger partial charge in [-0.3, -0.25) is 0 Å². The minimum atomic E-state index is 0.254. The monoisotopic (exact) mass is 308 g/mol. The number of allylic oxidation sites excluding steroid dienone is 1. The molecular formula is C15H16N8. The van der Waals surface area contributed by atoms with Crippen LogP contribution in [0.4, 0.5) is 5.69 Å². The van der Waals surface area contributed by atoms with Crippen molar-refractivity contribution >= 4 is 22.3 Å². The number of fused-ring (bicyclic) bond motifs is 1. The average Bonchev–Trinajstić information content (AvgIpc) is 3.22. The zero-order chi connectivity index (χ0) is 16.2. The molecule has 2 heterocycles. The number of nitrogens with one attached hydrogen (secondary N) is 2. The fourth-order valence-electron chi connectivity index (χ4n) is 2.47. The molecule has 0 atom stereocenters. The van der Waals surface area contributed by atoms with Crippen LogP contribution in [0, 0.1) is 11.3 Å². The third kappa shape index (κ3) is 2.76. The first-order chi connectivity index (χ1) is 11.3. The van der Waals surface area contributed by atoms with Gasteiger partial charge >= 0.3 is 0 Å². The van der Waals surface area contributed by atoms with E-state index in [1.54, 1.807) is 6.20 Å². The highest BCUT2D eigenvalue weighted by atomic mass is 15.5. The average molecular weight is 308 g/mol. The summed E-state index contributed by atoms with van der Waals surface area (Å²) < 4.78 is 2.20. The van der Waals surface area contributed by atoms with Gasteiger partial charge in [-0.05, 0) is 30.3 Å². The van der Waals surface area contributed by atoms with Crippen LogP contribution in [0.3, 0.4) is 0 Å². The third-order valence-electron chi connectivity index (χ3n) is 3.55. The molecule has 0 fully saturated rings. The van der Waals surface area contributed by atoms with E-state index in [2.05, 4.69) is 49.3 Å². The van der Waals surface area contributed by atoms with Crippen LogP contribution in [0.5, 0.6) is 0 Å². The second-order valence-electron chi connectivity index (χ2n) is 4.88. The Morgan fingerprint density at radius 3 is 2.96 bits per heavy atom. The van der Waals surface area contributed by atoms with Crippen LogP contribution in [-0.4, -0.2) is 30.2 Å². The van der Waals surface area contributed by atoms with Gasteiger partial charge < -0.3 is 9.88 Å². The molecule has 2 N–H and O–H groups in total. The van der Waals surface area contributed by atoms with E-state index < -0.39 is 0 Å². The summed E-state index contributed by atoms with van der Waals surface area (Å²) in [4.78, 5) is 4.66. The predicted molar refractivity (Wildman–Crippen MR) is 86.2 cm³/mol. The maximum Gasteiger partial charge on any atom is 0.216 e. The van der Waals surface area contributed by atoms with E-state index >= 15 is 0 Å². The van der Waals surface area contributed by atoms with Gasteiger partial charge in [0.05, 0.1) is 11.0 Å². The molecule has 0 aliphatic rings. The first-order valence-corrected chi connectivity index (χ1v) is 7.36. The van der Waals surface area contributed by atoms with Gasteiger partial charge in [0.1, 0.15) is 17.5 Å². The molecule has 8 nitrogen and oxygen atoms in total. The van der Waals surface area contributed by atoms with Crippen molar-refractivity contribution in [1.82, 2.24) is 30.2 Å². The lowest BCUT2D eigenvalue weighted by Crippen LogP contribution is -1.99. The molecule has 0 bridgehead atoms. The summed E-state index contributed by atoms with van der Waals surface area (Å²) in [6.07, 6.45) is 2.45. The quantitative estimate of drug-likeness (QED) is 0.699. The molecule has 0 unspecified atom stereocenters. The molecule has 23 heavy (non-hydrogen) atoms. The normalized spacial score (nSPS) is 11.6. The van der Waals surface area contributed by atoms with Crippen LogP contribution in [0.15, 0.2) is 24.4 Å². The topological polar surface area (TPSA) is 108 Å². The van der Waals surface area contributed by atoms with Crippen LogP contribution in [-0.2, 0) is 13.0 Å². The van der Waals surface area contributed by atoms with Crippen LogP contribution >= 0.6 is 0 Å². The van der Waals surface area contributed by atoms with E-state index in [0.29, 0.717) is 5.57 Å². The highest BCUT2D eigenvalue weighted by Crippen LogP contribution is 2.21. The minimum absolute atomic E-state index is 0.254. The van der Waals surface area contributed by atoms with Crippen LogP contribution in [0.25, 0.3) is 16.6 Å². The lowest BCUT2D eigenvalue weighted by molar-refractivity contribution is 0.726. The number of imidazole rings is 1. The van der Waals surface area contributed by atoms with Crippen molar-refractivity contribution in [2.75, 3.05) is 5.32 Å². The summed E-state index contributed by atoms with van der Waals surface area (Å²) in [6.45, 7) is 5.10. The maximum atomic E-state index is 9.16. The van der Waals surface area contributed by atoms with E-state index in [1.165, 1.54) is 0 Å². The lowest BCUT2D eigenvalue weighted by atomic mass is 10.2. The van der Waals surface area contributed by atoms with E-state index in [9.17, 15) is 0 Å². The van der Waals surface area contributed by atoms with E-state index in [4.69, 9.17) is 5.26 Å². The number of tetrazole rings is 1. The smallest absolute Gasteiger partial charge is 0.216 e. The number of hydrogen-bond donors (Lipinski definition) is 2. The number of aromatic nitrogens is 6. The van der Waals surface area contributed by atoms with Crippen molar-refractivity contribution in [2.45, 2.75) is 26.8 Å². The van der Waals surface area contributed by atoms with Crippen molar-refractivity contribution in [2.24, 2.45) is 0 Å². The third-order valence-corrected chi connectivity index (χ3v) is 3.55. The molecule has 0 spiro atoms. The molecule has 0 radical (unpaired) electrons. The summed E-state index contributed by atoms with van der Waals surface area (Å²) in [6, 6.07) is 7.98. The van der Waals surface area contributed by atoms with Crippen LogP contribution in [0.2, 0.25) is 0 Å². The molecule has 3 aromatic rings. The lowest BCUT2D eigenvalue weighted by Gasteiger charge is -2.04. The Bertz CT molecular complexity index is 882. The van der Waals surface area contributed by atoms with Gasteiger partial charge in [-0.15, -0.1) is 10.2 Å². The standard InChI is InChI=1S/C15H16N8/c1-3-14-18-12-7-11(5-6-13(12)23(14)4-2)17-9-10(8-16)15-19-21-22-20-15/h5-7,9,17H,3-4H2,1-2H3,(H,19,20,21,22). The molecule has 3 rings (SSSR count). The zero-order valence-electron chi connectivity index (χ0n) is 12.9. The largest absolute Gasteiger partial charge is 0.360 e. The molecule has 1 aromatic carbocycles. The van der Waals surface area contributed by atoms with Gasteiger partial charge in [-0.1, -0.05) is 6.92 Å². The highest BCUT2D eigenvalue weighted by molar-refractivity contribution is 5.81. The van der Waals surface area contributed by atoms with Gasteiger partial charge in [-0.25, -0.2) is 4.98 Å². The molecule has 0 amide bonds. The molecule has 2 aromatic heterocycles. The zero-order valence-corrected chi connectivity index (χ0v) is 12.9. The van der Waals surface area contributed by atoms with Crippen molar-refractivity contribution in [3.05, 3.63) is 36.0 Å². The molecule has 116 valence electrons. The number of H-pyrrole nitrogens is 1. The molecule has 8 heteroatoms. The van der Waals surface area contributed by atoms with E-state index in [-0.39, 0.29) is 5.82 Å². The van der Waals surface area contributed by atoms with E-state index in [1.807, 2.05) is 24.3 Å². The molecule has 0 saturated heterocycles. The van der Waals surface area contributed by atoms with Crippen LogP contribution in [0.1, 0.15) is 25.5 Å². The first-order valence-electron chi connectivity index (χ1n) is 7.36. The van der Waals surface area contributed by atoms with Crippen molar-refractivity contribution < 1.29 is 0 Å². The molecular weight excluding hydrogens is 292 g/mol. The van der Waals surface area contributed by atoms with Crippen molar-refractivity contribution in [3.63, 3.8) is 0 Å². The highest BCUT2D eigenvalue weighted by Gasteiger charge is 2.09. The maximum absolute atomic E-state index is 9.16. The second-order valence-corrected chi connectivity index (χ2v) is 4.88. The number of anilines is 1. The molecule has 0 aliphatic heterocycles. The Morgan fingerprint density at radius 1 is 1.43 bits per heavy atom. The number of rotatable bonds is 5. The summed E-state index contributed by atoms with van der Waals surface area (Å²) >= 11 is 0. The summed E-state index contributed by atoms with van der Waals surface area (Å²) in [5.41, 5.74) is 3.18. The van der Waals surface area contributed by atoms with Crippen LogP contribution < -0.4 is 5.32 Å². The summed E-state index contributed by atoms with van der Waals surface area (Å²) in [5.74, 6) is 1.32. The number of aryl methyl sites for hydroxylation is 2. The Hall–Kier alpha value is -3.21. The number of nitrogens with zero attached hydrogens (tertiary/aromatic N) is 6. The summed E-state index contributed by atoms with van der Waals surface area (Å²) in [5, 5.41) is 25.6. The van der Waals surface area contributed by atoms with Gasteiger partial charge in [0.15, 0.2) is 0 Å². The fraction of sp³-hybridized carbons (Fsp3) is 0.267. The van der Waals surface area contributed by atoms with Gasteiger partial charge in [0, 0.05) is 24.9 Å². The Labute approximate surface area is 132 Å². The van der Waals surface area contributed by atoms with Gasteiger partial charge in [0.25, 0.3) is 0 Å².